The van der Waals surface area contributed by atoms with E-state index in [1.54, 1.807) is 24.3 Å². The fourth-order valence-electron chi connectivity index (χ4n) is 0.911. The highest BCUT2D eigenvalue weighted by Gasteiger charge is 1.93. The van der Waals surface area contributed by atoms with Crippen LogP contribution in [0.4, 0.5) is 0 Å². The largest absolute Gasteiger partial charge is 0.290 e. The predicted octanol–water partition coefficient (Wildman–Crippen LogP) is 1.62. The van der Waals surface area contributed by atoms with Crippen LogP contribution in [0.3, 0.4) is 0 Å². The van der Waals surface area contributed by atoms with Crippen molar-refractivity contribution in [1.82, 2.24) is 0 Å². The molecular weight excluding hydrogens is 178 g/mol. The zero-order chi connectivity index (χ0) is 10.2. The number of aliphatic imine (C=N–C) groups is 1. The molecule has 1 aliphatic heterocycles. The molecule has 0 aromatic heterocycles. The minimum absolute atomic E-state index is 0.0532. The zero-order valence-electron chi connectivity index (χ0n) is 7.72. The third-order valence-corrected chi connectivity index (χ3v) is 1.57. The molecule has 1 aliphatic carbocycles. The molecule has 0 bridgehead atoms. The van der Waals surface area contributed by atoms with Gasteiger partial charge in [-0.05, 0) is 24.6 Å². The Kier molecular flexibility index (Phi) is 4.27. The lowest BCUT2D eigenvalue weighted by Gasteiger charge is -1.88. The zero-order valence-corrected chi connectivity index (χ0v) is 7.72. The van der Waals surface area contributed by atoms with Gasteiger partial charge in [0.05, 0.1) is 0 Å². The Morgan fingerprint density at radius 2 is 1.79 bits per heavy atom. The lowest BCUT2D eigenvalue weighted by atomic mass is 10.2. The van der Waals surface area contributed by atoms with Crippen molar-refractivity contribution < 1.29 is 9.59 Å². The summed E-state index contributed by atoms with van der Waals surface area (Å²) in [6, 6.07) is 0. The maximum absolute atomic E-state index is 10.3. The fraction of sp³-hybridized carbons (Fsp3) is 0.182. The minimum atomic E-state index is -0.0532. The number of nitrogens with zero attached hydrogens (tertiary/aromatic N) is 1. The Balaban J connectivity index is 0.000000140. The van der Waals surface area contributed by atoms with Gasteiger partial charge in [0.25, 0.3) is 0 Å². The number of carbonyl (C=O) groups is 2. The maximum Gasteiger partial charge on any atom is 0.249 e. The van der Waals surface area contributed by atoms with Crippen molar-refractivity contribution in [2.24, 2.45) is 4.99 Å². The van der Waals surface area contributed by atoms with Gasteiger partial charge in [-0.3, -0.25) is 9.59 Å². The molecule has 2 aliphatic rings. The fourth-order valence-corrected chi connectivity index (χ4v) is 0.911. The van der Waals surface area contributed by atoms with E-state index in [1.165, 1.54) is 6.21 Å². The Labute approximate surface area is 82.5 Å². The van der Waals surface area contributed by atoms with E-state index in [-0.39, 0.29) is 11.7 Å². The van der Waals surface area contributed by atoms with Crippen LogP contribution in [0.1, 0.15) is 12.8 Å². The quantitative estimate of drug-likeness (QED) is 0.581. The normalized spacial score (nSPS) is 18.0. The van der Waals surface area contributed by atoms with E-state index >= 15 is 0 Å². The molecule has 0 spiro atoms. The first kappa shape index (κ1) is 10.3. The molecule has 3 nitrogen and oxygen atoms in total. The van der Waals surface area contributed by atoms with E-state index in [4.69, 9.17) is 0 Å². The van der Waals surface area contributed by atoms with Crippen molar-refractivity contribution >= 4 is 17.9 Å². The first-order valence-electron chi connectivity index (χ1n) is 4.38. The summed E-state index contributed by atoms with van der Waals surface area (Å²) in [5.41, 5.74) is 0. The van der Waals surface area contributed by atoms with Gasteiger partial charge in [0.15, 0.2) is 5.78 Å². The molecule has 0 aromatic carbocycles. The van der Waals surface area contributed by atoms with Gasteiger partial charge in [0, 0.05) is 12.6 Å². The lowest BCUT2D eigenvalue weighted by Crippen LogP contribution is -1.93. The molecule has 0 fully saturated rings. The third-order valence-electron chi connectivity index (χ3n) is 1.57. The maximum atomic E-state index is 10.3. The second-order valence-electron chi connectivity index (χ2n) is 2.75. The Hall–Kier alpha value is -1.77. The van der Waals surface area contributed by atoms with Gasteiger partial charge in [-0.25, -0.2) is 4.99 Å². The summed E-state index contributed by atoms with van der Waals surface area (Å²) >= 11 is 0. The van der Waals surface area contributed by atoms with Crippen LogP contribution < -0.4 is 0 Å². The number of allylic oxidation sites excluding steroid dienone is 5. The van der Waals surface area contributed by atoms with Gasteiger partial charge >= 0.3 is 0 Å². The summed E-state index contributed by atoms with van der Waals surface area (Å²) in [5, 5.41) is 0. The highest BCUT2D eigenvalue weighted by atomic mass is 16.1. The molecule has 1 heterocycles. The summed E-state index contributed by atoms with van der Waals surface area (Å²) in [6.07, 6.45) is 13.3. The third kappa shape index (κ3) is 4.30. The van der Waals surface area contributed by atoms with E-state index in [0.717, 1.165) is 6.42 Å². The summed E-state index contributed by atoms with van der Waals surface area (Å²) in [5.74, 6) is 0.0498. The van der Waals surface area contributed by atoms with Gasteiger partial charge in [-0.1, -0.05) is 18.2 Å². The smallest absolute Gasteiger partial charge is 0.249 e. The van der Waals surface area contributed by atoms with E-state index in [0.29, 0.717) is 6.42 Å². The Morgan fingerprint density at radius 3 is 2.07 bits per heavy atom. The molecule has 0 saturated carbocycles. The van der Waals surface area contributed by atoms with Crippen molar-refractivity contribution in [2.75, 3.05) is 0 Å². The summed E-state index contributed by atoms with van der Waals surface area (Å²) < 4.78 is 0. The second-order valence-corrected chi connectivity index (χ2v) is 2.75. The summed E-state index contributed by atoms with van der Waals surface area (Å²) in [4.78, 5) is 24.0. The van der Waals surface area contributed by atoms with Crippen LogP contribution in [0.15, 0.2) is 41.4 Å². The van der Waals surface area contributed by atoms with Gasteiger partial charge in [0.1, 0.15) is 0 Å². The van der Waals surface area contributed by atoms with Gasteiger partial charge in [-0.15, -0.1) is 0 Å². The highest BCUT2D eigenvalue weighted by molar-refractivity contribution is 5.99. The van der Waals surface area contributed by atoms with Crippen LogP contribution in [-0.2, 0) is 9.59 Å². The van der Waals surface area contributed by atoms with E-state index in [1.807, 2.05) is 12.2 Å². The number of dihydropyridines is 1. The van der Waals surface area contributed by atoms with Crippen molar-refractivity contribution in [3.63, 3.8) is 0 Å². The van der Waals surface area contributed by atoms with Crippen LogP contribution in [0.2, 0.25) is 0 Å². The number of rotatable bonds is 0. The SMILES string of the molecule is O=C1C=CCC=C1.O=C1CC=CC=N1. The number of hydrogen-bond acceptors (Lipinski definition) is 2. The predicted molar refractivity (Wildman–Crippen MR) is 55.2 cm³/mol. The molecule has 1 amide bonds. The van der Waals surface area contributed by atoms with Crippen LogP contribution in [-0.4, -0.2) is 17.9 Å². The van der Waals surface area contributed by atoms with Gasteiger partial charge in [-0.2, -0.15) is 0 Å². The Morgan fingerprint density at radius 1 is 1.07 bits per heavy atom. The minimum Gasteiger partial charge on any atom is -0.290 e. The van der Waals surface area contributed by atoms with Crippen LogP contribution >= 0.6 is 0 Å². The number of carbonyl (C=O) groups excluding carboxylic acids is 2. The monoisotopic (exact) mass is 189 g/mol. The van der Waals surface area contributed by atoms with Crippen LogP contribution in [0.25, 0.3) is 0 Å². The number of amides is 1. The molecular formula is C11H11NO2. The van der Waals surface area contributed by atoms with Crippen molar-refractivity contribution in [3.8, 4) is 0 Å². The highest BCUT2D eigenvalue weighted by Crippen LogP contribution is 1.94. The van der Waals surface area contributed by atoms with Gasteiger partial charge < -0.3 is 0 Å². The molecule has 0 saturated heterocycles. The average molecular weight is 189 g/mol. The van der Waals surface area contributed by atoms with Crippen molar-refractivity contribution in [1.29, 1.82) is 0 Å². The molecule has 0 radical (unpaired) electrons. The first-order chi connectivity index (χ1) is 6.79. The topological polar surface area (TPSA) is 46.5 Å². The molecule has 0 aromatic rings. The average Bonchev–Trinajstić information content (AvgIpc) is 2.21. The van der Waals surface area contributed by atoms with Crippen molar-refractivity contribution in [3.05, 3.63) is 36.5 Å². The number of ketones is 1. The lowest BCUT2D eigenvalue weighted by molar-refractivity contribution is -0.117. The standard InChI is InChI=1S/C6H6O.C5H5NO/c7-6-4-2-1-3-5-6;7-5-3-1-2-4-6-5/h2-5H,1H2;1-2,4H,3H2. The van der Waals surface area contributed by atoms with Crippen LogP contribution in [0, 0.1) is 0 Å². The summed E-state index contributed by atoms with van der Waals surface area (Å²) in [6.45, 7) is 0. The molecule has 0 N–H and O–H groups in total. The number of hydrogen-bond donors (Lipinski definition) is 0. The molecule has 14 heavy (non-hydrogen) atoms. The van der Waals surface area contributed by atoms with Crippen LogP contribution in [0.5, 0.6) is 0 Å². The molecule has 3 heteroatoms. The van der Waals surface area contributed by atoms with E-state index in [2.05, 4.69) is 4.99 Å². The summed E-state index contributed by atoms with van der Waals surface area (Å²) in [7, 11) is 0. The van der Waals surface area contributed by atoms with Crippen molar-refractivity contribution in [2.45, 2.75) is 12.8 Å². The van der Waals surface area contributed by atoms with Gasteiger partial charge in [0.2, 0.25) is 5.91 Å². The molecule has 0 unspecified atom stereocenters. The molecule has 72 valence electrons. The molecule has 0 atom stereocenters. The Bertz CT molecular complexity index is 321. The molecule has 2 rings (SSSR count). The second kappa shape index (κ2) is 5.80. The van der Waals surface area contributed by atoms with E-state index < -0.39 is 0 Å². The first-order valence-corrected chi connectivity index (χ1v) is 4.38. The van der Waals surface area contributed by atoms with E-state index in [9.17, 15) is 9.59 Å².